The smallest absolute Gasteiger partial charge is 0.410 e. The summed E-state index contributed by atoms with van der Waals surface area (Å²) in [7, 11) is 0. The Bertz CT molecular complexity index is 1320. The maximum atomic E-state index is 15.0. The Morgan fingerprint density at radius 3 is 2.29 bits per heavy atom. The summed E-state index contributed by atoms with van der Waals surface area (Å²) in [6, 6.07) is 4.54. The molecule has 0 bridgehead atoms. The molecule has 1 aromatic heterocycles. The van der Waals surface area contributed by atoms with E-state index in [0.29, 0.717) is 36.2 Å². The molecular weight excluding hydrogens is 523 g/mol. The van der Waals surface area contributed by atoms with E-state index in [1.165, 1.54) is 12.1 Å². The summed E-state index contributed by atoms with van der Waals surface area (Å²) in [5.74, 6) is -0.831. The first-order valence-electron chi connectivity index (χ1n) is 14.6. The number of halogens is 1. The molecule has 0 saturated carbocycles. The van der Waals surface area contributed by atoms with Crippen molar-refractivity contribution >= 4 is 17.7 Å². The van der Waals surface area contributed by atoms with Crippen molar-refractivity contribution in [3.05, 3.63) is 62.3 Å². The van der Waals surface area contributed by atoms with Crippen LogP contribution >= 0.6 is 0 Å². The van der Waals surface area contributed by atoms with E-state index >= 15 is 4.39 Å². The zero-order valence-corrected chi connectivity index (χ0v) is 26.3. The Hall–Kier alpha value is -3.36. The summed E-state index contributed by atoms with van der Waals surface area (Å²) in [5, 5.41) is 2.85. The highest BCUT2D eigenvalue weighted by Crippen LogP contribution is 2.34. The van der Waals surface area contributed by atoms with Crippen molar-refractivity contribution in [2.24, 2.45) is 0 Å². The predicted molar refractivity (Wildman–Crippen MR) is 161 cm³/mol. The maximum absolute atomic E-state index is 15.0. The van der Waals surface area contributed by atoms with Crippen molar-refractivity contribution in [2.45, 2.75) is 118 Å². The molecule has 9 heteroatoms. The second-order valence-corrected chi connectivity index (χ2v) is 12.6. The third kappa shape index (κ3) is 7.49. The molecule has 2 aromatic rings. The van der Waals surface area contributed by atoms with Crippen LogP contribution in [0.2, 0.25) is 0 Å². The molecule has 1 aliphatic heterocycles. The van der Waals surface area contributed by atoms with Crippen LogP contribution in [0.5, 0.6) is 0 Å². The second-order valence-electron chi connectivity index (χ2n) is 12.6. The zero-order chi connectivity index (χ0) is 30.8. The first-order valence-corrected chi connectivity index (χ1v) is 14.6. The van der Waals surface area contributed by atoms with Gasteiger partial charge in [0.25, 0.3) is 11.5 Å². The second kappa shape index (κ2) is 12.7. The molecule has 0 spiro atoms. The van der Waals surface area contributed by atoms with Crippen molar-refractivity contribution < 1.29 is 18.7 Å². The SMILES string of the molecule is CCN(c1cc(F)cc(C(=O)NCc2c(C(C)C)cc(C)[nH]c2=O)c1C)C1CC(C)N(C(=O)OC(C)(C)C)C(C)C1. The number of benzene rings is 1. The number of carbonyl (C=O) groups is 2. The number of piperidine rings is 1. The van der Waals surface area contributed by atoms with E-state index in [0.717, 1.165) is 11.3 Å². The first kappa shape index (κ1) is 32.2. The number of amides is 2. The minimum atomic E-state index is -0.582. The molecule has 2 unspecified atom stereocenters. The Morgan fingerprint density at radius 1 is 1.15 bits per heavy atom. The van der Waals surface area contributed by atoms with Crippen molar-refractivity contribution in [1.29, 1.82) is 0 Å². The van der Waals surface area contributed by atoms with Gasteiger partial charge in [0.2, 0.25) is 0 Å². The van der Waals surface area contributed by atoms with Gasteiger partial charge >= 0.3 is 6.09 Å². The lowest BCUT2D eigenvalue weighted by Crippen LogP contribution is -2.56. The number of ether oxygens (including phenoxy) is 1. The number of hydrogen-bond donors (Lipinski definition) is 2. The minimum absolute atomic E-state index is 0.0415. The molecule has 1 fully saturated rings. The Morgan fingerprint density at radius 2 is 1.76 bits per heavy atom. The summed E-state index contributed by atoms with van der Waals surface area (Å²) in [4.78, 5) is 45.7. The van der Waals surface area contributed by atoms with Gasteiger partial charge in [0.15, 0.2) is 0 Å². The lowest BCUT2D eigenvalue weighted by molar-refractivity contribution is -0.00252. The van der Waals surface area contributed by atoms with Gasteiger partial charge in [0.05, 0.1) is 0 Å². The number of rotatable bonds is 7. The number of likely N-dealkylation sites (tertiary alicyclic amines) is 1. The van der Waals surface area contributed by atoms with Gasteiger partial charge in [-0.05, 0) is 103 Å². The third-order valence-corrected chi connectivity index (χ3v) is 7.81. The van der Waals surface area contributed by atoms with Gasteiger partial charge in [-0.2, -0.15) is 0 Å². The molecule has 2 amide bonds. The standard InChI is InChI=1S/C32H47FN4O4/c1-11-36(24-13-20(5)37(21(6)14-24)31(40)41-32(8,9)10)28-16-23(33)15-26(22(28)7)29(38)34-17-27-25(18(2)3)12-19(4)35-30(27)39/h12,15-16,18,20-21,24H,11,13-14,17H2,1-10H3,(H,34,38)(H,35,39). The van der Waals surface area contributed by atoms with Gasteiger partial charge in [-0.1, -0.05) is 13.8 Å². The number of hydrogen-bond acceptors (Lipinski definition) is 5. The van der Waals surface area contributed by atoms with E-state index in [-0.39, 0.29) is 47.8 Å². The quantitative estimate of drug-likeness (QED) is 0.414. The number of aromatic amines is 1. The summed E-state index contributed by atoms with van der Waals surface area (Å²) >= 11 is 0. The average Bonchev–Trinajstić information content (AvgIpc) is 2.83. The van der Waals surface area contributed by atoms with Crippen LogP contribution < -0.4 is 15.8 Å². The monoisotopic (exact) mass is 570 g/mol. The van der Waals surface area contributed by atoms with Crippen LogP contribution in [0.15, 0.2) is 23.0 Å². The van der Waals surface area contributed by atoms with E-state index < -0.39 is 17.3 Å². The fourth-order valence-corrected chi connectivity index (χ4v) is 6.00. The van der Waals surface area contributed by atoms with Crippen LogP contribution in [0.4, 0.5) is 14.9 Å². The van der Waals surface area contributed by atoms with Crippen molar-refractivity contribution in [3.8, 4) is 0 Å². The third-order valence-electron chi connectivity index (χ3n) is 7.81. The predicted octanol–water partition coefficient (Wildman–Crippen LogP) is 6.19. The molecule has 2 atom stereocenters. The molecule has 8 nitrogen and oxygen atoms in total. The fourth-order valence-electron chi connectivity index (χ4n) is 6.00. The van der Waals surface area contributed by atoms with E-state index in [9.17, 15) is 14.4 Å². The molecule has 1 saturated heterocycles. The lowest BCUT2D eigenvalue weighted by atomic mass is 9.90. The zero-order valence-electron chi connectivity index (χ0n) is 26.3. The van der Waals surface area contributed by atoms with E-state index in [1.807, 2.05) is 75.3 Å². The van der Waals surface area contributed by atoms with Crippen molar-refractivity contribution in [1.82, 2.24) is 15.2 Å². The highest BCUT2D eigenvalue weighted by atomic mass is 19.1. The highest BCUT2D eigenvalue weighted by Gasteiger charge is 2.38. The lowest BCUT2D eigenvalue weighted by Gasteiger charge is -2.47. The van der Waals surface area contributed by atoms with Crippen LogP contribution in [0, 0.1) is 19.7 Å². The summed E-state index contributed by atoms with van der Waals surface area (Å²) in [5.41, 5.74) is 2.89. The molecule has 3 rings (SSSR count). The molecule has 2 N–H and O–H groups in total. The number of H-pyrrole nitrogens is 1. The maximum Gasteiger partial charge on any atom is 0.410 e. The number of pyridine rings is 1. The average molecular weight is 571 g/mol. The summed E-state index contributed by atoms with van der Waals surface area (Å²) in [6.45, 7) is 19.9. The summed E-state index contributed by atoms with van der Waals surface area (Å²) < 4.78 is 20.7. The molecule has 1 aliphatic rings. The Balaban J connectivity index is 1.85. The Labute approximate surface area is 243 Å². The van der Waals surface area contributed by atoms with Gasteiger partial charge in [0.1, 0.15) is 11.4 Å². The number of nitrogens with zero attached hydrogens (tertiary/aromatic N) is 2. The molecule has 0 radical (unpaired) electrons. The number of carbonyl (C=O) groups excluding carboxylic acids is 2. The number of aromatic nitrogens is 1. The summed E-state index contributed by atoms with van der Waals surface area (Å²) in [6.07, 6.45) is 1.04. The van der Waals surface area contributed by atoms with Crippen LogP contribution in [0.1, 0.15) is 107 Å². The van der Waals surface area contributed by atoms with Crippen molar-refractivity contribution in [2.75, 3.05) is 11.4 Å². The largest absolute Gasteiger partial charge is 0.444 e. The van der Waals surface area contributed by atoms with Crippen molar-refractivity contribution in [3.63, 3.8) is 0 Å². The van der Waals surface area contributed by atoms with Crippen LogP contribution in [0.25, 0.3) is 0 Å². The van der Waals surface area contributed by atoms with Gasteiger partial charge < -0.3 is 24.8 Å². The molecular formula is C32H47FN4O4. The normalized spacial score (nSPS) is 19.3. The Kier molecular flexibility index (Phi) is 9.93. The minimum Gasteiger partial charge on any atom is -0.444 e. The van der Waals surface area contributed by atoms with E-state index in [2.05, 4.69) is 15.2 Å². The molecule has 226 valence electrons. The molecule has 2 heterocycles. The van der Waals surface area contributed by atoms with Gasteiger partial charge in [-0.3, -0.25) is 9.59 Å². The van der Waals surface area contributed by atoms with E-state index in [4.69, 9.17) is 4.74 Å². The molecule has 0 aliphatic carbocycles. The number of anilines is 1. The fraction of sp³-hybridized carbons (Fsp3) is 0.594. The van der Waals surface area contributed by atoms with Crippen LogP contribution in [-0.2, 0) is 11.3 Å². The number of aryl methyl sites for hydroxylation is 1. The van der Waals surface area contributed by atoms with Crippen LogP contribution in [0.3, 0.4) is 0 Å². The van der Waals surface area contributed by atoms with Gasteiger partial charge in [-0.15, -0.1) is 0 Å². The van der Waals surface area contributed by atoms with Gasteiger partial charge in [0, 0.05) is 53.7 Å². The van der Waals surface area contributed by atoms with Gasteiger partial charge in [-0.25, -0.2) is 9.18 Å². The van der Waals surface area contributed by atoms with E-state index in [1.54, 1.807) is 4.90 Å². The highest BCUT2D eigenvalue weighted by molar-refractivity contribution is 5.97. The number of nitrogens with one attached hydrogen (secondary N) is 2. The first-order chi connectivity index (χ1) is 19.0. The van der Waals surface area contributed by atoms with Crippen LogP contribution in [-0.4, -0.2) is 52.2 Å². The topological polar surface area (TPSA) is 94.7 Å². The molecule has 1 aromatic carbocycles. The molecule has 41 heavy (non-hydrogen) atoms.